The number of allylic oxidation sites excluding steroid dienone is 2. The van der Waals surface area contributed by atoms with Crippen molar-refractivity contribution in [3.63, 3.8) is 0 Å². The van der Waals surface area contributed by atoms with Gasteiger partial charge in [-0.05, 0) is 12.2 Å². The highest BCUT2D eigenvalue weighted by atomic mass is 16.4. The predicted octanol–water partition coefficient (Wildman–Crippen LogP) is 0.648. The van der Waals surface area contributed by atoms with Gasteiger partial charge in [0.25, 0.3) is 0 Å². The minimum absolute atomic E-state index is 0.0508. The van der Waals surface area contributed by atoms with Gasteiger partial charge in [-0.3, -0.25) is 9.59 Å². The third-order valence-corrected chi connectivity index (χ3v) is 1.99. The molecule has 5 heteroatoms. The van der Waals surface area contributed by atoms with E-state index < -0.39 is 11.8 Å². The first-order chi connectivity index (χ1) is 6.61. The number of aromatic carboxylic acids is 1. The molecule has 0 atom stereocenters. The molecule has 1 aromatic rings. The number of H-pyrrole nitrogens is 1. The summed E-state index contributed by atoms with van der Waals surface area (Å²) in [4.78, 5) is 35.7. The molecule has 0 fully saturated rings. The molecule has 0 saturated carbocycles. The lowest BCUT2D eigenvalue weighted by molar-refractivity contribution is 0.0693. The summed E-state index contributed by atoms with van der Waals surface area (Å²) in [7, 11) is 0. The highest BCUT2D eigenvalue weighted by Gasteiger charge is 2.26. The zero-order valence-corrected chi connectivity index (χ0v) is 6.90. The zero-order chi connectivity index (χ0) is 10.3. The first-order valence-corrected chi connectivity index (χ1v) is 3.82. The molecule has 0 aromatic carbocycles. The molecule has 0 aliphatic heterocycles. The maximum Gasteiger partial charge on any atom is 0.338 e. The number of hydrogen-bond acceptors (Lipinski definition) is 3. The van der Waals surface area contributed by atoms with Gasteiger partial charge in [-0.15, -0.1) is 0 Å². The number of aromatic amines is 1. The monoisotopic (exact) mass is 191 g/mol. The Balaban J connectivity index is 2.69. The highest BCUT2D eigenvalue weighted by molar-refractivity contribution is 6.24. The van der Waals surface area contributed by atoms with E-state index in [2.05, 4.69) is 4.98 Å². The number of carbonyl (C=O) groups is 3. The predicted molar refractivity (Wildman–Crippen MR) is 45.6 cm³/mol. The first kappa shape index (κ1) is 8.43. The van der Waals surface area contributed by atoms with Crippen LogP contribution in [0, 0.1) is 0 Å². The van der Waals surface area contributed by atoms with E-state index >= 15 is 0 Å². The van der Waals surface area contributed by atoms with Gasteiger partial charge in [0.15, 0.2) is 5.78 Å². The van der Waals surface area contributed by atoms with Crippen molar-refractivity contribution in [2.45, 2.75) is 0 Å². The minimum atomic E-state index is -1.22. The van der Waals surface area contributed by atoms with Gasteiger partial charge < -0.3 is 10.1 Å². The lowest BCUT2D eigenvalue weighted by Crippen LogP contribution is -2.13. The number of fused-ring (bicyclic) bond motifs is 1. The van der Waals surface area contributed by atoms with Crippen LogP contribution < -0.4 is 0 Å². The lowest BCUT2D eigenvalue weighted by Gasteiger charge is -2.03. The summed E-state index contributed by atoms with van der Waals surface area (Å²) in [5.74, 6) is -2.07. The minimum Gasteiger partial charge on any atom is -0.478 e. The molecule has 0 radical (unpaired) electrons. The van der Waals surface area contributed by atoms with Crippen LogP contribution in [0.4, 0.5) is 0 Å². The zero-order valence-electron chi connectivity index (χ0n) is 6.90. The molecule has 2 N–H and O–H groups in total. The Morgan fingerprint density at radius 1 is 1.21 bits per heavy atom. The molecule has 0 spiro atoms. The number of nitrogens with one attached hydrogen (secondary N) is 1. The Hall–Kier alpha value is -2.17. The van der Waals surface area contributed by atoms with Crippen LogP contribution in [0.25, 0.3) is 0 Å². The molecule has 1 aliphatic rings. The summed E-state index contributed by atoms with van der Waals surface area (Å²) in [5.41, 5.74) is -0.164. The average molecular weight is 191 g/mol. The highest BCUT2D eigenvalue weighted by Crippen LogP contribution is 2.20. The molecule has 5 nitrogen and oxygen atoms in total. The van der Waals surface area contributed by atoms with Crippen LogP contribution in [0.2, 0.25) is 0 Å². The molecule has 1 heterocycles. The van der Waals surface area contributed by atoms with Crippen molar-refractivity contribution in [2.75, 3.05) is 0 Å². The van der Waals surface area contributed by atoms with Crippen molar-refractivity contribution in [3.8, 4) is 0 Å². The number of hydrogen-bond donors (Lipinski definition) is 2. The van der Waals surface area contributed by atoms with Crippen LogP contribution in [0.15, 0.2) is 18.3 Å². The fraction of sp³-hybridized carbons (Fsp3) is 0. The van der Waals surface area contributed by atoms with Gasteiger partial charge in [0.05, 0.1) is 16.8 Å². The Morgan fingerprint density at radius 2 is 1.86 bits per heavy atom. The second-order valence-electron chi connectivity index (χ2n) is 2.82. The second kappa shape index (κ2) is 2.66. The average Bonchev–Trinajstić information content (AvgIpc) is 2.56. The topological polar surface area (TPSA) is 87.2 Å². The number of rotatable bonds is 1. The van der Waals surface area contributed by atoms with E-state index in [0.29, 0.717) is 0 Å². The van der Waals surface area contributed by atoms with Crippen LogP contribution in [-0.4, -0.2) is 27.6 Å². The Labute approximate surface area is 78.0 Å². The SMILES string of the molecule is O=C(O)c1c[nH]c2c1C(=O)C=CC2=O. The standard InChI is InChI=1S/C9H5NO4/c11-5-1-2-6(12)8-7(5)4(3-10-8)9(13)14/h1-3,10H,(H,13,14). The van der Waals surface area contributed by atoms with Gasteiger partial charge in [-0.25, -0.2) is 4.79 Å². The van der Waals surface area contributed by atoms with Crippen LogP contribution >= 0.6 is 0 Å². The van der Waals surface area contributed by atoms with Crippen molar-refractivity contribution in [1.82, 2.24) is 4.98 Å². The fourth-order valence-electron chi connectivity index (χ4n) is 1.36. The van der Waals surface area contributed by atoms with E-state index in [1.807, 2.05) is 0 Å². The third-order valence-electron chi connectivity index (χ3n) is 1.99. The van der Waals surface area contributed by atoms with E-state index in [4.69, 9.17) is 5.11 Å². The van der Waals surface area contributed by atoms with Crippen LogP contribution in [0.5, 0.6) is 0 Å². The smallest absolute Gasteiger partial charge is 0.338 e. The summed E-state index contributed by atoms with van der Waals surface area (Å²) < 4.78 is 0. The first-order valence-electron chi connectivity index (χ1n) is 3.82. The molecular formula is C9H5NO4. The van der Waals surface area contributed by atoms with Crippen molar-refractivity contribution in [3.05, 3.63) is 35.2 Å². The van der Waals surface area contributed by atoms with Gasteiger partial charge in [-0.1, -0.05) is 0 Å². The van der Waals surface area contributed by atoms with Crippen molar-refractivity contribution >= 4 is 17.5 Å². The van der Waals surface area contributed by atoms with Gasteiger partial charge >= 0.3 is 5.97 Å². The molecule has 1 aliphatic carbocycles. The maximum absolute atomic E-state index is 11.3. The van der Waals surface area contributed by atoms with Gasteiger partial charge in [0, 0.05) is 6.20 Å². The Morgan fingerprint density at radius 3 is 2.50 bits per heavy atom. The van der Waals surface area contributed by atoms with Crippen LogP contribution in [0.3, 0.4) is 0 Å². The van der Waals surface area contributed by atoms with Crippen molar-refractivity contribution < 1.29 is 19.5 Å². The molecule has 14 heavy (non-hydrogen) atoms. The number of carbonyl (C=O) groups excluding carboxylic acids is 2. The second-order valence-corrected chi connectivity index (χ2v) is 2.82. The molecule has 0 amide bonds. The quantitative estimate of drug-likeness (QED) is 0.682. The molecular weight excluding hydrogens is 186 g/mol. The summed E-state index contributed by atoms with van der Waals surface area (Å²) in [5, 5.41) is 8.73. The fourth-order valence-corrected chi connectivity index (χ4v) is 1.36. The largest absolute Gasteiger partial charge is 0.478 e. The molecule has 0 saturated heterocycles. The summed E-state index contributed by atoms with van der Waals surface area (Å²) in [6, 6.07) is 0. The summed E-state index contributed by atoms with van der Waals surface area (Å²) in [6.07, 6.45) is 3.34. The number of aromatic nitrogens is 1. The van der Waals surface area contributed by atoms with E-state index in [0.717, 1.165) is 18.3 Å². The van der Waals surface area contributed by atoms with Gasteiger partial charge in [0.1, 0.15) is 0 Å². The van der Waals surface area contributed by atoms with Gasteiger partial charge in [-0.2, -0.15) is 0 Å². The molecule has 70 valence electrons. The Bertz CT molecular complexity index is 481. The molecule has 1 aromatic heterocycles. The van der Waals surface area contributed by atoms with Gasteiger partial charge in [0.2, 0.25) is 5.78 Å². The number of carboxylic acid groups (broad SMARTS) is 1. The molecule has 2 rings (SSSR count). The van der Waals surface area contributed by atoms with Crippen molar-refractivity contribution in [2.24, 2.45) is 0 Å². The summed E-state index contributed by atoms with van der Waals surface area (Å²) >= 11 is 0. The molecule has 0 unspecified atom stereocenters. The molecule has 0 bridgehead atoms. The number of carboxylic acids is 1. The lowest BCUT2D eigenvalue weighted by atomic mass is 9.99. The van der Waals surface area contributed by atoms with E-state index in [1.165, 1.54) is 0 Å². The van der Waals surface area contributed by atoms with E-state index in [-0.39, 0.29) is 22.6 Å². The maximum atomic E-state index is 11.3. The normalized spacial score (nSPS) is 14.3. The number of ketones is 2. The van der Waals surface area contributed by atoms with Crippen LogP contribution in [0.1, 0.15) is 31.2 Å². The van der Waals surface area contributed by atoms with Crippen LogP contribution in [-0.2, 0) is 0 Å². The van der Waals surface area contributed by atoms with E-state index in [1.54, 1.807) is 0 Å². The van der Waals surface area contributed by atoms with E-state index in [9.17, 15) is 14.4 Å². The van der Waals surface area contributed by atoms with Crippen molar-refractivity contribution in [1.29, 1.82) is 0 Å². The Kier molecular flexibility index (Phi) is 1.60. The summed E-state index contributed by atoms with van der Waals surface area (Å²) in [6.45, 7) is 0. The third kappa shape index (κ3) is 0.990.